The molecule has 1 aliphatic heterocycles. The second kappa shape index (κ2) is 5.80. The largest absolute Gasteiger partial charge is 0.480 e. The number of aliphatic hydroxyl groups excluding tert-OH is 1. The Labute approximate surface area is 124 Å². The van der Waals surface area contributed by atoms with Crippen LogP contribution in [0.25, 0.3) is 0 Å². The van der Waals surface area contributed by atoms with E-state index in [0.29, 0.717) is 10.2 Å². The van der Waals surface area contributed by atoms with Crippen molar-refractivity contribution in [1.82, 2.24) is 4.90 Å². The van der Waals surface area contributed by atoms with Crippen LogP contribution in [0.4, 0.5) is 10.5 Å². The molecule has 2 atom stereocenters. The van der Waals surface area contributed by atoms with Crippen LogP contribution < -0.4 is 5.32 Å². The Morgan fingerprint density at radius 3 is 2.80 bits per heavy atom. The van der Waals surface area contributed by atoms with E-state index >= 15 is 0 Å². The summed E-state index contributed by atoms with van der Waals surface area (Å²) in [5, 5.41) is 21.3. The molecule has 1 aliphatic rings. The smallest absolute Gasteiger partial charge is 0.326 e. The number of carboxylic acids is 1. The number of hydrogen-bond acceptors (Lipinski definition) is 3. The van der Waals surface area contributed by atoms with Gasteiger partial charge in [-0.2, -0.15) is 0 Å². The minimum absolute atomic E-state index is 0.0201. The molecule has 2 amide bonds. The molecule has 0 unspecified atom stereocenters. The number of aryl methyl sites for hydroxylation is 1. The number of likely N-dealkylation sites (tertiary alicyclic amines) is 1. The summed E-state index contributed by atoms with van der Waals surface area (Å²) in [5.41, 5.74) is 1.54. The minimum Gasteiger partial charge on any atom is -0.480 e. The first-order valence-corrected chi connectivity index (χ1v) is 6.92. The van der Waals surface area contributed by atoms with Gasteiger partial charge in [-0.1, -0.05) is 6.07 Å². The number of hydrogen-bond donors (Lipinski definition) is 3. The molecule has 1 heterocycles. The van der Waals surface area contributed by atoms with Crippen molar-refractivity contribution in [2.75, 3.05) is 11.9 Å². The van der Waals surface area contributed by atoms with Gasteiger partial charge in [0.1, 0.15) is 6.04 Å². The number of amides is 2. The number of halogens is 1. The van der Waals surface area contributed by atoms with Gasteiger partial charge in [0.25, 0.3) is 0 Å². The average molecular weight is 343 g/mol. The lowest BCUT2D eigenvalue weighted by Crippen LogP contribution is -2.43. The summed E-state index contributed by atoms with van der Waals surface area (Å²) in [6.07, 6.45) is -0.750. The van der Waals surface area contributed by atoms with Gasteiger partial charge < -0.3 is 20.4 Å². The molecular weight excluding hydrogens is 328 g/mol. The average Bonchev–Trinajstić information content (AvgIpc) is 2.76. The Morgan fingerprint density at radius 1 is 1.45 bits per heavy atom. The topological polar surface area (TPSA) is 89.9 Å². The summed E-state index contributed by atoms with van der Waals surface area (Å²) >= 11 is 3.32. The van der Waals surface area contributed by atoms with Crippen molar-refractivity contribution in [3.05, 3.63) is 28.2 Å². The fraction of sp³-hybridized carbons (Fsp3) is 0.385. The van der Waals surface area contributed by atoms with Crippen molar-refractivity contribution in [2.45, 2.75) is 25.5 Å². The number of β-amino-alcohol motifs (C(OH)–C–C–N with tert-alkyl or cyclic N) is 1. The Hall–Kier alpha value is -1.60. The number of carbonyl (C=O) groups is 2. The number of carboxylic acid groups (broad SMARTS) is 1. The van der Waals surface area contributed by atoms with Crippen molar-refractivity contribution >= 4 is 33.6 Å². The third-order valence-electron chi connectivity index (χ3n) is 3.19. The highest BCUT2D eigenvalue weighted by Crippen LogP contribution is 2.25. The second-order valence-electron chi connectivity index (χ2n) is 4.81. The molecule has 0 aromatic heterocycles. The molecule has 1 aromatic carbocycles. The quantitative estimate of drug-likeness (QED) is 0.764. The van der Waals surface area contributed by atoms with Crippen molar-refractivity contribution < 1.29 is 19.8 Å². The van der Waals surface area contributed by atoms with Crippen LogP contribution >= 0.6 is 15.9 Å². The van der Waals surface area contributed by atoms with E-state index in [9.17, 15) is 14.7 Å². The third-order valence-corrected chi connectivity index (χ3v) is 3.88. The first kappa shape index (κ1) is 14.8. The molecule has 7 heteroatoms. The van der Waals surface area contributed by atoms with E-state index < -0.39 is 24.1 Å². The fourth-order valence-electron chi connectivity index (χ4n) is 2.19. The van der Waals surface area contributed by atoms with Crippen LogP contribution in [0.3, 0.4) is 0 Å². The molecule has 6 nitrogen and oxygen atoms in total. The lowest BCUT2D eigenvalue weighted by Gasteiger charge is -2.22. The first-order valence-electron chi connectivity index (χ1n) is 6.13. The summed E-state index contributed by atoms with van der Waals surface area (Å²) in [6, 6.07) is 3.95. The molecule has 108 valence electrons. The van der Waals surface area contributed by atoms with E-state index in [2.05, 4.69) is 21.2 Å². The summed E-state index contributed by atoms with van der Waals surface area (Å²) in [7, 11) is 0. The molecule has 0 radical (unpaired) electrons. The summed E-state index contributed by atoms with van der Waals surface area (Å²) in [5.74, 6) is -1.11. The second-order valence-corrected chi connectivity index (χ2v) is 5.66. The molecule has 0 bridgehead atoms. The van der Waals surface area contributed by atoms with Crippen molar-refractivity contribution in [3.8, 4) is 0 Å². The fourth-order valence-corrected chi connectivity index (χ4v) is 2.54. The predicted octanol–water partition coefficient (Wildman–Crippen LogP) is 1.81. The van der Waals surface area contributed by atoms with Gasteiger partial charge in [-0.3, -0.25) is 0 Å². The maximum Gasteiger partial charge on any atom is 0.326 e. The number of nitrogens with one attached hydrogen (secondary N) is 1. The molecule has 20 heavy (non-hydrogen) atoms. The van der Waals surface area contributed by atoms with Crippen LogP contribution in [-0.4, -0.2) is 45.8 Å². The van der Waals surface area contributed by atoms with Gasteiger partial charge in [-0.25, -0.2) is 9.59 Å². The molecule has 0 saturated carbocycles. The molecule has 1 aromatic rings. The predicted molar refractivity (Wildman–Crippen MR) is 76.7 cm³/mol. The number of anilines is 1. The van der Waals surface area contributed by atoms with Crippen LogP contribution in [0.5, 0.6) is 0 Å². The van der Waals surface area contributed by atoms with Gasteiger partial charge >= 0.3 is 12.0 Å². The lowest BCUT2D eigenvalue weighted by molar-refractivity contribution is -0.141. The number of urea groups is 1. The van der Waals surface area contributed by atoms with Gasteiger partial charge in [0.05, 0.1) is 11.8 Å². The summed E-state index contributed by atoms with van der Waals surface area (Å²) < 4.78 is 0.711. The van der Waals surface area contributed by atoms with Crippen molar-refractivity contribution in [1.29, 1.82) is 0 Å². The van der Waals surface area contributed by atoms with E-state index in [4.69, 9.17) is 5.11 Å². The zero-order valence-electron chi connectivity index (χ0n) is 10.8. The van der Waals surface area contributed by atoms with E-state index in [1.807, 2.05) is 13.0 Å². The van der Waals surface area contributed by atoms with Gasteiger partial charge in [-0.05, 0) is 40.5 Å². The standard InChI is InChI=1S/C13H15BrN2O4/c1-7-2-3-9(14)10(4-7)15-13(20)16-6-8(17)5-11(16)12(18)19/h2-4,8,11,17H,5-6H2,1H3,(H,15,20)(H,18,19)/t8-,11-/m0/s1. The van der Waals surface area contributed by atoms with Gasteiger partial charge in [0, 0.05) is 17.4 Å². The molecule has 1 fully saturated rings. The number of nitrogens with zero attached hydrogens (tertiary/aromatic N) is 1. The molecule has 1 saturated heterocycles. The lowest BCUT2D eigenvalue weighted by atomic mass is 10.2. The van der Waals surface area contributed by atoms with Crippen molar-refractivity contribution in [2.24, 2.45) is 0 Å². The van der Waals surface area contributed by atoms with E-state index in [-0.39, 0.29) is 13.0 Å². The highest BCUT2D eigenvalue weighted by atomic mass is 79.9. The number of benzene rings is 1. The molecule has 0 aliphatic carbocycles. The highest BCUT2D eigenvalue weighted by Gasteiger charge is 2.39. The molecule has 3 N–H and O–H groups in total. The Balaban J connectivity index is 2.15. The van der Waals surface area contributed by atoms with Gasteiger partial charge in [0.2, 0.25) is 0 Å². The first-order chi connectivity index (χ1) is 9.38. The Bertz CT molecular complexity index is 549. The maximum absolute atomic E-state index is 12.2. The number of aliphatic hydroxyl groups is 1. The van der Waals surface area contributed by atoms with Gasteiger partial charge in [0.15, 0.2) is 0 Å². The van der Waals surface area contributed by atoms with Crippen molar-refractivity contribution in [3.63, 3.8) is 0 Å². The third kappa shape index (κ3) is 3.10. The normalized spacial score (nSPS) is 21.9. The summed E-state index contributed by atoms with van der Waals surface area (Å²) in [4.78, 5) is 24.4. The van der Waals surface area contributed by atoms with Crippen LogP contribution in [0.1, 0.15) is 12.0 Å². The molecule has 2 rings (SSSR count). The SMILES string of the molecule is Cc1ccc(Br)c(NC(=O)N2C[C@@H](O)C[C@H]2C(=O)O)c1. The Kier molecular flexibility index (Phi) is 4.29. The number of aliphatic carboxylic acids is 1. The van der Waals surface area contributed by atoms with Crippen LogP contribution in [0.15, 0.2) is 22.7 Å². The van der Waals surface area contributed by atoms with Crippen LogP contribution in [0.2, 0.25) is 0 Å². The Morgan fingerprint density at radius 2 is 2.15 bits per heavy atom. The monoisotopic (exact) mass is 342 g/mol. The van der Waals surface area contributed by atoms with E-state index in [0.717, 1.165) is 10.5 Å². The van der Waals surface area contributed by atoms with E-state index in [1.54, 1.807) is 12.1 Å². The number of carbonyl (C=O) groups excluding carboxylic acids is 1. The van der Waals surface area contributed by atoms with E-state index in [1.165, 1.54) is 0 Å². The van der Waals surface area contributed by atoms with Crippen LogP contribution in [0, 0.1) is 6.92 Å². The summed E-state index contributed by atoms with van der Waals surface area (Å²) in [6.45, 7) is 1.91. The maximum atomic E-state index is 12.2. The minimum atomic E-state index is -1.11. The molecule has 0 spiro atoms. The number of rotatable bonds is 2. The highest BCUT2D eigenvalue weighted by molar-refractivity contribution is 9.10. The zero-order chi connectivity index (χ0) is 14.9. The van der Waals surface area contributed by atoms with Crippen LogP contribution in [-0.2, 0) is 4.79 Å². The molecular formula is C13H15BrN2O4. The zero-order valence-corrected chi connectivity index (χ0v) is 12.4. The van der Waals surface area contributed by atoms with Gasteiger partial charge in [-0.15, -0.1) is 0 Å².